The summed E-state index contributed by atoms with van der Waals surface area (Å²) in [6, 6.07) is 3.61. The number of primary amides is 1. The van der Waals surface area contributed by atoms with Crippen molar-refractivity contribution in [1.29, 1.82) is 0 Å². The molecular weight excluding hydrogens is 246 g/mol. The molecule has 19 heavy (non-hydrogen) atoms. The Balaban J connectivity index is 1.67. The minimum absolute atomic E-state index is 0.0334. The van der Waals surface area contributed by atoms with Gasteiger partial charge in [-0.15, -0.1) is 0 Å². The zero-order chi connectivity index (χ0) is 13.7. The summed E-state index contributed by atoms with van der Waals surface area (Å²) in [4.78, 5) is 24.8. The number of hydrogen-bond donors (Lipinski definition) is 2. The van der Waals surface area contributed by atoms with Gasteiger partial charge in [0, 0.05) is 5.92 Å². The van der Waals surface area contributed by atoms with Crippen molar-refractivity contribution in [3.63, 3.8) is 0 Å². The standard InChI is InChI=1S/C13H19N3O3/c14-13(18)10-3-5-16(6-4-10)9-12(17)15-8-11-2-1-7-19-11/h1-2,7,10H,3-6,8-9H2,(H2,14,18)(H,15,17). The predicted molar refractivity (Wildman–Crippen MR) is 68.9 cm³/mol. The summed E-state index contributed by atoms with van der Waals surface area (Å²) in [7, 11) is 0. The van der Waals surface area contributed by atoms with E-state index in [1.165, 1.54) is 0 Å². The molecule has 6 heteroatoms. The Morgan fingerprint density at radius 3 is 2.74 bits per heavy atom. The Kier molecular flexibility index (Phi) is 4.57. The minimum atomic E-state index is -0.234. The number of likely N-dealkylation sites (tertiary alicyclic amines) is 1. The summed E-state index contributed by atoms with van der Waals surface area (Å²) in [6.45, 7) is 2.24. The third-order valence-electron chi connectivity index (χ3n) is 3.40. The molecule has 1 aliphatic heterocycles. The first-order valence-electron chi connectivity index (χ1n) is 6.46. The highest BCUT2D eigenvalue weighted by atomic mass is 16.3. The van der Waals surface area contributed by atoms with Gasteiger partial charge >= 0.3 is 0 Å². The quantitative estimate of drug-likeness (QED) is 0.790. The van der Waals surface area contributed by atoms with Crippen LogP contribution in [0.2, 0.25) is 0 Å². The molecule has 1 aromatic rings. The van der Waals surface area contributed by atoms with Crippen molar-refractivity contribution in [3.8, 4) is 0 Å². The lowest BCUT2D eigenvalue weighted by Gasteiger charge is -2.29. The van der Waals surface area contributed by atoms with Crippen LogP contribution in [0, 0.1) is 5.92 Å². The molecule has 1 aromatic heterocycles. The van der Waals surface area contributed by atoms with Gasteiger partial charge in [-0.1, -0.05) is 0 Å². The molecule has 2 amide bonds. The number of nitrogens with zero attached hydrogens (tertiary/aromatic N) is 1. The van der Waals surface area contributed by atoms with Crippen molar-refractivity contribution in [3.05, 3.63) is 24.2 Å². The molecule has 0 bridgehead atoms. The molecular formula is C13H19N3O3. The Labute approximate surface area is 111 Å². The average molecular weight is 265 g/mol. The zero-order valence-electron chi connectivity index (χ0n) is 10.8. The largest absolute Gasteiger partial charge is 0.467 e. The summed E-state index contributed by atoms with van der Waals surface area (Å²) in [5, 5.41) is 2.80. The van der Waals surface area contributed by atoms with Crippen LogP contribution in [0.4, 0.5) is 0 Å². The third-order valence-corrected chi connectivity index (χ3v) is 3.40. The molecule has 2 heterocycles. The lowest BCUT2D eigenvalue weighted by atomic mass is 9.96. The molecule has 2 rings (SSSR count). The number of nitrogens with two attached hydrogens (primary N) is 1. The van der Waals surface area contributed by atoms with Crippen LogP contribution < -0.4 is 11.1 Å². The lowest BCUT2D eigenvalue weighted by Crippen LogP contribution is -2.43. The van der Waals surface area contributed by atoms with Gasteiger partial charge < -0.3 is 15.5 Å². The van der Waals surface area contributed by atoms with Crippen LogP contribution in [0.15, 0.2) is 22.8 Å². The van der Waals surface area contributed by atoms with E-state index in [9.17, 15) is 9.59 Å². The molecule has 1 aliphatic rings. The maximum absolute atomic E-state index is 11.7. The van der Waals surface area contributed by atoms with Crippen LogP contribution in [0.5, 0.6) is 0 Å². The van der Waals surface area contributed by atoms with E-state index in [1.54, 1.807) is 12.3 Å². The normalized spacial score (nSPS) is 17.3. The molecule has 0 aliphatic carbocycles. The Hall–Kier alpha value is -1.82. The highest BCUT2D eigenvalue weighted by molar-refractivity contribution is 5.78. The highest BCUT2D eigenvalue weighted by Crippen LogP contribution is 2.16. The summed E-state index contributed by atoms with van der Waals surface area (Å²) in [6.07, 6.45) is 3.05. The van der Waals surface area contributed by atoms with Crippen LogP contribution in [-0.4, -0.2) is 36.3 Å². The first-order chi connectivity index (χ1) is 9.15. The molecule has 1 saturated heterocycles. The van der Waals surface area contributed by atoms with E-state index in [-0.39, 0.29) is 17.7 Å². The number of furan rings is 1. The second kappa shape index (κ2) is 6.38. The second-order valence-electron chi connectivity index (χ2n) is 4.81. The van der Waals surface area contributed by atoms with E-state index in [2.05, 4.69) is 5.32 Å². The lowest BCUT2D eigenvalue weighted by molar-refractivity contribution is -0.124. The second-order valence-corrected chi connectivity index (χ2v) is 4.81. The molecule has 0 saturated carbocycles. The van der Waals surface area contributed by atoms with E-state index in [1.807, 2.05) is 11.0 Å². The summed E-state index contributed by atoms with van der Waals surface area (Å²) >= 11 is 0. The van der Waals surface area contributed by atoms with Gasteiger partial charge in [-0.2, -0.15) is 0 Å². The van der Waals surface area contributed by atoms with E-state index in [0.717, 1.165) is 31.7 Å². The number of hydrogen-bond acceptors (Lipinski definition) is 4. The van der Waals surface area contributed by atoms with Gasteiger partial charge in [-0.25, -0.2) is 0 Å². The van der Waals surface area contributed by atoms with Crippen LogP contribution in [0.1, 0.15) is 18.6 Å². The Bertz CT molecular complexity index is 422. The summed E-state index contributed by atoms with van der Waals surface area (Å²) in [5.41, 5.74) is 5.27. The summed E-state index contributed by atoms with van der Waals surface area (Å²) in [5.74, 6) is 0.430. The third kappa shape index (κ3) is 4.10. The molecule has 3 N–H and O–H groups in total. The van der Waals surface area contributed by atoms with Gasteiger partial charge in [-0.05, 0) is 38.1 Å². The molecule has 0 radical (unpaired) electrons. The topological polar surface area (TPSA) is 88.6 Å². The predicted octanol–water partition coefficient (Wildman–Crippen LogP) is 0.0931. The van der Waals surface area contributed by atoms with Crippen molar-refractivity contribution < 1.29 is 14.0 Å². The molecule has 0 aromatic carbocycles. The average Bonchev–Trinajstić information content (AvgIpc) is 2.90. The maximum atomic E-state index is 11.7. The van der Waals surface area contributed by atoms with Gasteiger partial charge in [0.05, 0.1) is 19.4 Å². The van der Waals surface area contributed by atoms with Gasteiger partial charge in [0.2, 0.25) is 11.8 Å². The van der Waals surface area contributed by atoms with Crippen LogP contribution in [-0.2, 0) is 16.1 Å². The van der Waals surface area contributed by atoms with Crippen molar-refractivity contribution in [2.75, 3.05) is 19.6 Å². The molecule has 6 nitrogen and oxygen atoms in total. The number of rotatable bonds is 5. The van der Waals surface area contributed by atoms with Crippen molar-refractivity contribution in [2.24, 2.45) is 11.7 Å². The van der Waals surface area contributed by atoms with E-state index < -0.39 is 0 Å². The fraction of sp³-hybridized carbons (Fsp3) is 0.538. The summed E-state index contributed by atoms with van der Waals surface area (Å²) < 4.78 is 5.13. The highest BCUT2D eigenvalue weighted by Gasteiger charge is 2.23. The van der Waals surface area contributed by atoms with Crippen molar-refractivity contribution in [1.82, 2.24) is 10.2 Å². The number of nitrogens with one attached hydrogen (secondary N) is 1. The SMILES string of the molecule is NC(=O)C1CCN(CC(=O)NCc2ccco2)CC1. The number of amides is 2. The molecule has 0 spiro atoms. The van der Waals surface area contributed by atoms with E-state index >= 15 is 0 Å². The van der Waals surface area contributed by atoms with E-state index in [0.29, 0.717) is 13.1 Å². The van der Waals surface area contributed by atoms with Crippen molar-refractivity contribution in [2.45, 2.75) is 19.4 Å². The molecule has 0 unspecified atom stereocenters. The maximum Gasteiger partial charge on any atom is 0.234 e. The monoisotopic (exact) mass is 265 g/mol. The first kappa shape index (κ1) is 13.6. The van der Waals surface area contributed by atoms with Crippen molar-refractivity contribution >= 4 is 11.8 Å². The molecule has 104 valence electrons. The fourth-order valence-electron chi connectivity index (χ4n) is 2.23. The van der Waals surface area contributed by atoms with Gasteiger partial charge in [-0.3, -0.25) is 14.5 Å². The van der Waals surface area contributed by atoms with E-state index in [4.69, 9.17) is 10.2 Å². The molecule has 0 atom stereocenters. The Morgan fingerprint density at radius 1 is 1.42 bits per heavy atom. The van der Waals surface area contributed by atoms with Crippen LogP contribution >= 0.6 is 0 Å². The van der Waals surface area contributed by atoms with Gasteiger partial charge in [0.15, 0.2) is 0 Å². The van der Waals surface area contributed by atoms with Crippen LogP contribution in [0.25, 0.3) is 0 Å². The number of carbonyl (C=O) groups is 2. The first-order valence-corrected chi connectivity index (χ1v) is 6.46. The smallest absolute Gasteiger partial charge is 0.234 e. The van der Waals surface area contributed by atoms with Gasteiger partial charge in [0.25, 0.3) is 0 Å². The zero-order valence-corrected chi connectivity index (χ0v) is 10.8. The number of piperidine rings is 1. The Morgan fingerprint density at radius 2 is 2.16 bits per heavy atom. The molecule has 1 fully saturated rings. The van der Waals surface area contributed by atoms with Crippen LogP contribution in [0.3, 0.4) is 0 Å². The fourth-order valence-corrected chi connectivity index (χ4v) is 2.23. The number of carbonyl (C=O) groups excluding carboxylic acids is 2. The minimum Gasteiger partial charge on any atom is -0.467 e. The van der Waals surface area contributed by atoms with Gasteiger partial charge in [0.1, 0.15) is 5.76 Å².